The van der Waals surface area contributed by atoms with Crippen molar-refractivity contribution in [3.05, 3.63) is 23.8 Å². The summed E-state index contributed by atoms with van der Waals surface area (Å²) in [6.45, 7) is 4.39. The molecule has 8 nitrogen and oxygen atoms in total. The first kappa shape index (κ1) is 15.7. The molecule has 0 aliphatic heterocycles. The van der Waals surface area contributed by atoms with Crippen LogP contribution in [-0.2, 0) is 9.53 Å². The van der Waals surface area contributed by atoms with Crippen molar-refractivity contribution in [2.75, 3.05) is 20.3 Å². The lowest BCUT2D eigenvalue weighted by Gasteiger charge is -2.08. The number of esters is 1. The number of rotatable bonds is 6. The van der Waals surface area contributed by atoms with E-state index in [0.29, 0.717) is 29.1 Å². The van der Waals surface area contributed by atoms with E-state index in [1.165, 1.54) is 7.11 Å². The predicted octanol–water partition coefficient (Wildman–Crippen LogP) is 0.419. The molecular weight excluding hydrogens is 288 g/mol. The number of aromatic nitrogens is 3. The first-order valence-electron chi connectivity index (χ1n) is 6.85. The van der Waals surface area contributed by atoms with E-state index in [1.807, 2.05) is 13.8 Å². The van der Waals surface area contributed by atoms with Crippen molar-refractivity contribution in [1.29, 1.82) is 0 Å². The molecule has 0 atom stereocenters. The summed E-state index contributed by atoms with van der Waals surface area (Å²) in [5.74, 6) is -0.357. The van der Waals surface area contributed by atoms with Crippen molar-refractivity contribution in [2.24, 2.45) is 5.92 Å². The van der Waals surface area contributed by atoms with Crippen LogP contribution in [0.5, 0.6) is 0 Å². The Bertz CT molecular complexity index is 681. The molecule has 2 rings (SSSR count). The van der Waals surface area contributed by atoms with Gasteiger partial charge in [-0.15, -0.1) is 5.10 Å². The summed E-state index contributed by atoms with van der Waals surface area (Å²) in [7, 11) is 1.30. The third-order valence-electron chi connectivity index (χ3n) is 2.86. The van der Waals surface area contributed by atoms with E-state index in [9.17, 15) is 9.59 Å². The average Bonchev–Trinajstić information content (AvgIpc) is 2.92. The van der Waals surface area contributed by atoms with Gasteiger partial charge in [0, 0.05) is 6.54 Å². The Morgan fingerprint density at radius 1 is 1.36 bits per heavy atom. The molecule has 2 aromatic rings. The van der Waals surface area contributed by atoms with Gasteiger partial charge in [0.05, 0.1) is 12.7 Å². The zero-order valence-electron chi connectivity index (χ0n) is 12.7. The van der Waals surface area contributed by atoms with Gasteiger partial charge in [-0.2, -0.15) is 0 Å². The molecule has 0 aliphatic rings. The van der Waals surface area contributed by atoms with E-state index in [1.54, 1.807) is 18.2 Å². The van der Waals surface area contributed by atoms with Crippen LogP contribution in [0.3, 0.4) is 0 Å². The highest BCUT2D eigenvalue weighted by molar-refractivity contribution is 5.93. The van der Waals surface area contributed by atoms with Crippen molar-refractivity contribution >= 4 is 22.9 Å². The fourth-order valence-corrected chi connectivity index (χ4v) is 1.73. The number of hydrogen-bond donors (Lipinski definition) is 1. The summed E-state index contributed by atoms with van der Waals surface area (Å²) in [5.41, 5.74) is 1.39. The molecule has 0 saturated carbocycles. The lowest BCUT2D eigenvalue weighted by atomic mass is 10.2. The van der Waals surface area contributed by atoms with Gasteiger partial charge in [0.15, 0.2) is 6.61 Å². The second-order valence-electron chi connectivity index (χ2n) is 5.13. The van der Waals surface area contributed by atoms with Gasteiger partial charge in [-0.25, -0.2) is 4.79 Å². The molecule has 1 N–H and O–H groups in total. The van der Waals surface area contributed by atoms with Crippen molar-refractivity contribution in [1.82, 2.24) is 20.5 Å². The van der Waals surface area contributed by atoms with E-state index in [-0.39, 0.29) is 12.5 Å². The Kier molecular flexibility index (Phi) is 4.92. The molecular formula is C14H18N4O4. The fraction of sp³-hybridized carbons (Fsp3) is 0.429. The van der Waals surface area contributed by atoms with E-state index in [0.717, 1.165) is 4.85 Å². The molecule has 0 saturated heterocycles. The Labute approximate surface area is 127 Å². The van der Waals surface area contributed by atoms with Crippen LogP contribution < -0.4 is 10.2 Å². The average molecular weight is 306 g/mol. The number of methoxy groups -OCH3 is 1. The molecule has 118 valence electrons. The van der Waals surface area contributed by atoms with Crippen LogP contribution in [0.4, 0.5) is 0 Å². The molecule has 0 radical (unpaired) electrons. The maximum absolute atomic E-state index is 11.6. The minimum atomic E-state index is -0.468. The number of amides is 1. The maximum atomic E-state index is 11.6. The van der Waals surface area contributed by atoms with Gasteiger partial charge in [-0.3, -0.25) is 4.79 Å². The van der Waals surface area contributed by atoms with Gasteiger partial charge in [0.2, 0.25) is 0 Å². The number of ether oxygens (including phenoxy) is 1. The van der Waals surface area contributed by atoms with E-state index < -0.39 is 5.97 Å². The summed E-state index contributed by atoms with van der Waals surface area (Å²) < 4.78 is 4.66. The number of nitrogens with one attached hydrogen (secondary N) is 1. The molecule has 1 aromatic carbocycles. The first-order chi connectivity index (χ1) is 10.5. The number of benzene rings is 1. The Morgan fingerprint density at radius 2 is 2.14 bits per heavy atom. The Morgan fingerprint density at radius 3 is 2.82 bits per heavy atom. The number of fused-ring (bicyclic) bond motifs is 1. The largest absolute Gasteiger partial charge is 0.465 e. The molecule has 0 fully saturated rings. The molecule has 1 heterocycles. The minimum Gasteiger partial charge on any atom is -0.465 e. The summed E-state index contributed by atoms with van der Waals surface area (Å²) in [4.78, 5) is 29.6. The van der Waals surface area contributed by atoms with Crippen LogP contribution in [0.2, 0.25) is 0 Å². The molecule has 1 amide bonds. The van der Waals surface area contributed by atoms with E-state index in [2.05, 4.69) is 20.4 Å². The molecule has 0 aliphatic carbocycles. The van der Waals surface area contributed by atoms with Crippen LogP contribution in [0.15, 0.2) is 18.2 Å². The highest BCUT2D eigenvalue weighted by Gasteiger charge is 2.12. The Balaban J connectivity index is 2.08. The Hall–Kier alpha value is -2.64. The van der Waals surface area contributed by atoms with Crippen LogP contribution in [0, 0.1) is 5.92 Å². The minimum absolute atomic E-state index is 0.187. The first-order valence-corrected chi connectivity index (χ1v) is 6.85. The van der Waals surface area contributed by atoms with Crippen LogP contribution in [0.1, 0.15) is 24.2 Å². The highest BCUT2D eigenvalue weighted by Crippen LogP contribution is 2.13. The summed E-state index contributed by atoms with van der Waals surface area (Å²) in [5, 5.41) is 10.4. The van der Waals surface area contributed by atoms with Crippen molar-refractivity contribution in [3.63, 3.8) is 0 Å². The van der Waals surface area contributed by atoms with Crippen LogP contribution in [0.25, 0.3) is 11.0 Å². The number of carbonyl (C=O) groups is 2. The highest BCUT2D eigenvalue weighted by atomic mass is 16.7. The summed E-state index contributed by atoms with van der Waals surface area (Å²) >= 11 is 0. The molecule has 0 unspecified atom stereocenters. The fourth-order valence-electron chi connectivity index (χ4n) is 1.73. The topological polar surface area (TPSA) is 95.3 Å². The lowest BCUT2D eigenvalue weighted by molar-refractivity contribution is -0.126. The number of hydrogen-bond acceptors (Lipinski definition) is 6. The molecule has 22 heavy (non-hydrogen) atoms. The quantitative estimate of drug-likeness (QED) is 0.777. The monoisotopic (exact) mass is 306 g/mol. The summed E-state index contributed by atoms with van der Waals surface area (Å²) in [6, 6.07) is 4.77. The number of nitrogens with zero attached hydrogens (tertiary/aromatic N) is 3. The molecule has 0 bridgehead atoms. The predicted molar refractivity (Wildman–Crippen MR) is 78.2 cm³/mol. The standard InChI is InChI=1S/C14H18N4O4/c1-9(2)7-15-13(19)8-22-18-12-6-10(14(20)21-3)4-5-11(12)16-17-18/h4-6,9H,7-8H2,1-3H3,(H,15,19). The maximum Gasteiger partial charge on any atom is 0.337 e. The van der Waals surface area contributed by atoms with Gasteiger partial charge in [0.1, 0.15) is 11.0 Å². The zero-order valence-corrected chi connectivity index (χ0v) is 12.7. The van der Waals surface area contributed by atoms with Gasteiger partial charge >= 0.3 is 5.97 Å². The molecule has 8 heteroatoms. The van der Waals surface area contributed by atoms with Gasteiger partial charge in [-0.1, -0.05) is 18.7 Å². The second kappa shape index (κ2) is 6.88. The zero-order chi connectivity index (χ0) is 16.1. The van der Waals surface area contributed by atoms with Crippen LogP contribution in [-0.4, -0.2) is 47.3 Å². The number of carbonyl (C=O) groups excluding carboxylic acids is 2. The van der Waals surface area contributed by atoms with Gasteiger partial charge < -0.3 is 14.9 Å². The lowest BCUT2D eigenvalue weighted by Crippen LogP contribution is -2.34. The SMILES string of the molecule is COC(=O)c1ccc2nnn(OCC(=O)NCC(C)C)c2c1. The third-order valence-corrected chi connectivity index (χ3v) is 2.86. The van der Waals surface area contributed by atoms with Crippen molar-refractivity contribution < 1.29 is 19.2 Å². The van der Waals surface area contributed by atoms with Crippen molar-refractivity contribution in [3.8, 4) is 0 Å². The van der Waals surface area contributed by atoms with Gasteiger partial charge in [0.25, 0.3) is 5.91 Å². The van der Waals surface area contributed by atoms with Gasteiger partial charge in [-0.05, 0) is 29.3 Å². The van der Waals surface area contributed by atoms with Crippen molar-refractivity contribution in [2.45, 2.75) is 13.8 Å². The second-order valence-corrected chi connectivity index (χ2v) is 5.13. The molecule has 0 spiro atoms. The van der Waals surface area contributed by atoms with E-state index >= 15 is 0 Å². The van der Waals surface area contributed by atoms with E-state index in [4.69, 9.17) is 4.84 Å². The third kappa shape index (κ3) is 3.72. The van der Waals surface area contributed by atoms with Crippen LogP contribution >= 0.6 is 0 Å². The summed E-state index contributed by atoms with van der Waals surface area (Å²) in [6.07, 6.45) is 0. The normalized spacial score (nSPS) is 10.7. The molecule has 1 aromatic heterocycles. The smallest absolute Gasteiger partial charge is 0.337 e.